The molecule has 1 spiro atoms. The number of ether oxygens (including phenoxy) is 1. The second kappa shape index (κ2) is 5.08. The minimum atomic E-state index is -0.197. The molecule has 1 heterocycles. The van der Waals surface area contributed by atoms with E-state index >= 15 is 0 Å². The number of hydrogen-bond donors (Lipinski definition) is 0. The van der Waals surface area contributed by atoms with Gasteiger partial charge >= 0.3 is 5.97 Å². The molecule has 0 amide bonds. The van der Waals surface area contributed by atoms with Crippen molar-refractivity contribution >= 4 is 11.8 Å². The van der Waals surface area contributed by atoms with Crippen LogP contribution in [0.5, 0.6) is 0 Å². The number of allylic oxidation sites excluding steroid dienone is 4. The molecular weight excluding hydrogens is 312 g/mol. The zero-order valence-electron chi connectivity index (χ0n) is 15.4. The van der Waals surface area contributed by atoms with E-state index in [0.717, 1.165) is 32.1 Å². The monoisotopic (exact) mass is 340 g/mol. The maximum absolute atomic E-state index is 11.9. The molecule has 25 heavy (non-hydrogen) atoms. The molecule has 134 valence electrons. The molecule has 3 heteroatoms. The van der Waals surface area contributed by atoms with Crippen LogP contribution in [0.25, 0.3) is 0 Å². The Morgan fingerprint density at radius 1 is 1.08 bits per heavy atom. The molecular formula is C22H28O3. The highest BCUT2D eigenvalue weighted by molar-refractivity contribution is 5.93. The number of fused-ring (bicyclic) bond motifs is 5. The molecule has 3 nitrogen and oxygen atoms in total. The first kappa shape index (κ1) is 15.8. The lowest BCUT2D eigenvalue weighted by Gasteiger charge is -2.54. The fourth-order valence-electron chi connectivity index (χ4n) is 7.35. The molecule has 2 saturated carbocycles. The summed E-state index contributed by atoms with van der Waals surface area (Å²) in [5.41, 5.74) is 4.44. The van der Waals surface area contributed by atoms with E-state index in [1.165, 1.54) is 24.0 Å². The van der Waals surface area contributed by atoms with Crippen LogP contribution in [0.1, 0.15) is 71.6 Å². The van der Waals surface area contributed by atoms with E-state index in [9.17, 15) is 9.59 Å². The summed E-state index contributed by atoms with van der Waals surface area (Å²) in [7, 11) is 0. The minimum Gasteiger partial charge on any atom is -0.458 e. The van der Waals surface area contributed by atoms with Gasteiger partial charge in [0, 0.05) is 18.3 Å². The summed E-state index contributed by atoms with van der Waals surface area (Å²) in [6.45, 7) is 4.79. The Balaban J connectivity index is 1.58. The lowest BCUT2D eigenvalue weighted by molar-refractivity contribution is -0.163. The highest BCUT2D eigenvalue weighted by atomic mass is 16.6. The van der Waals surface area contributed by atoms with E-state index in [-0.39, 0.29) is 17.0 Å². The van der Waals surface area contributed by atoms with Crippen LogP contribution in [0.15, 0.2) is 22.8 Å². The van der Waals surface area contributed by atoms with Gasteiger partial charge in [-0.25, -0.2) is 0 Å². The van der Waals surface area contributed by atoms with E-state index in [1.807, 2.05) is 6.08 Å². The zero-order chi connectivity index (χ0) is 17.4. The average Bonchev–Trinajstić information content (AvgIpc) is 3.08. The number of esters is 1. The topological polar surface area (TPSA) is 43.4 Å². The highest BCUT2D eigenvalue weighted by Crippen LogP contribution is 2.67. The van der Waals surface area contributed by atoms with Gasteiger partial charge in [-0.3, -0.25) is 9.59 Å². The Bertz CT molecular complexity index is 730. The summed E-state index contributed by atoms with van der Waals surface area (Å²) < 4.78 is 6.02. The maximum atomic E-state index is 11.9. The molecule has 0 N–H and O–H groups in total. The lowest BCUT2D eigenvalue weighted by atomic mass is 9.52. The van der Waals surface area contributed by atoms with Crippen LogP contribution in [-0.4, -0.2) is 17.4 Å². The third kappa shape index (κ3) is 1.98. The number of ketones is 1. The van der Waals surface area contributed by atoms with Crippen LogP contribution < -0.4 is 0 Å². The summed E-state index contributed by atoms with van der Waals surface area (Å²) >= 11 is 0. The molecule has 5 rings (SSSR count). The van der Waals surface area contributed by atoms with Crippen LogP contribution in [0.3, 0.4) is 0 Å². The normalized spacial score (nSPS) is 45.8. The smallest absolute Gasteiger partial charge is 0.306 e. The predicted octanol–water partition coefficient (Wildman–Crippen LogP) is 4.51. The third-order valence-electron chi connectivity index (χ3n) is 8.32. The molecule has 0 aromatic rings. The van der Waals surface area contributed by atoms with Gasteiger partial charge in [-0.1, -0.05) is 19.4 Å². The Hall–Kier alpha value is -1.38. The van der Waals surface area contributed by atoms with Gasteiger partial charge in [-0.2, -0.15) is 0 Å². The molecule has 5 aliphatic rings. The number of hydrogen-bond acceptors (Lipinski definition) is 3. The molecule has 0 aromatic heterocycles. The largest absolute Gasteiger partial charge is 0.458 e. The van der Waals surface area contributed by atoms with Gasteiger partial charge in [0.1, 0.15) is 5.60 Å². The Kier molecular flexibility index (Phi) is 3.22. The average molecular weight is 340 g/mol. The van der Waals surface area contributed by atoms with Crippen molar-refractivity contribution in [2.45, 2.75) is 77.2 Å². The van der Waals surface area contributed by atoms with Gasteiger partial charge in [0.2, 0.25) is 0 Å². The zero-order valence-corrected chi connectivity index (χ0v) is 15.4. The van der Waals surface area contributed by atoms with Crippen molar-refractivity contribution in [1.29, 1.82) is 0 Å². The predicted molar refractivity (Wildman–Crippen MR) is 94.7 cm³/mol. The van der Waals surface area contributed by atoms with E-state index in [4.69, 9.17) is 4.74 Å². The molecule has 0 radical (unpaired) electrons. The molecule has 5 atom stereocenters. The number of carbonyl (C=O) groups is 2. The van der Waals surface area contributed by atoms with Gasteiger partial charge in [-0.15, -0.1) is 0 Å². The van der Waals surface area contributed by atoms with E-state index in [0.29, 0.717) is 36.4 Å². The minimum absolute atomic E-state index is 0.0123. The van der Waals surface area contributed by atoms with Crippen LogP contribution >= 0.6 is 0 Å². The molecule has 0 bridgehead atoms. The van der Waals surface area contributed by atoms with E-state index in [2.05, 4.69) is 13.8 Å². The highest BCUT2D eigenvalue weighted by Gasteiger charge is 2.65. The molecule has 0 aromatic carbocycles. The number of carbonyl (C=O) groups excluding carboxylic acids is 2. The lowest BCUT2D eigenvalue weighted by Crippen LogP contribution is -2.51. The van der Waals surface area contributed by atoms with Crippen molar-refractivity contribution in [3.8, 4) is 0 Å². The van der Waals surface area contributed by atoms with Gasteiger partial charge < -0.3 is 4.74 Å². The maximum Gasteiger partial charge on any atom is 0.306 e. The van der Waals surface area contributed by atoms with Gasteiger partial charge in [0.25, 0.3) is 0 Å². The fourth-order valence-corrected chi connectivity index (χ4v) is 7.35. The van der Waals surface area contributed by atoms with Crippen molar-refractivity contribution in [3.05, 3.63) is 22.8 Å². The second-order valence-corrected chi connectivity index (χ2v) is 9.35. The van der Waals surface area contributed by atoms with Gasteiger partial charge in [0.15, 0.2) is 5.78 Å². The standard InChI is InChI=1S/C22H28O3/c1-13-12-21(2)18(7-9-22(21)10-8-19(24)25-22)17-5-3-14-11-15(23)4-6-16(14)20(13)17/h11,13,17-18H,3-10,12H2,1-2H3/t13-,17?,18?,21-,22+/m0/s1. The first-order valence-corrected chi connectivity index (χ1v) is 10.1. The second-order valence-electron chi connectivity index (χ2n) is 9.35. The quantitative estimate of drug-likeness (QED) is 0.609. The summed E-state index contributed by atoms with van der Waals surface area (Å²) in [6, 6.07) is 0. The third-order valence-corrected chi connectivity index (χ3v) is 8.32. The van der Waals surface area contributed by atoms with E-state index in [1.54, 1.807) is 5.57 Å². The molecule has 1 saturated heterocycles. The summed E-state index contributed by atoms with van der Waals surface area (Å²) in [5, 5.41) is 0. The summed E-state index contributed by atoms with van der Waals surface area (Å²) in [4.78, 5) is 23.8. The fraction of sp³-hybridized carbons (Fsp3) is 0.727. The van der Waals surface area contributed by atoms with Crippen LogP contribution in [-0.2, 0) is 14.3 Å². The van der Waals surface area contributed by atoms with Gasteiger partial charge in [0.05, 0.1) is 0 Å². The summed E-state index contributed by atoms with van der Waals surface area (Å²) in [5.74, 6) is 2.12. The molecule has 2 unspecified atom stereocenters. The Morgan fingerprint density at radius 3 is 2.68 bits per heavy atom. The number of rotatable bonds is 0. The van der Waals surface area contributed by atoms with Crippen molar-refractivity contribution in [2.75, 3.05) is 0 Å². The summed E-state index contributed by atoms with van der Waals surface area (Å²) in [6.07, 6.45) is 10.7. The van der Waals surface area contributed by atoms with Crippen molar-refractivity contribution in [3.63, 3.8) is 0 Å². The first-order chi connectivity index (χ1) is 11.9. The van der Waals surface area contributed by atoms with Crippen molar-refractivity contribution in [1.82, 2.24) is 0 Å². The van der Waals surface area contributed by atoms with Crippen LogP contribution in [0.2, 0.25) is 0 Å². The Morgan fingerprint density at radius 2 is 1.92 bits per heavy atom. The molecule has 1 aliphatic heterocycles. The first-order valence-electron chi connectivity index (χ1n) is 10.1. The van der Waals surface area contributed by atoms with Crippen LogP contribution in [0.4, 0.5) is 0 Å². The SMILES string of the molecule is C[C@H]1C[C@@]2(C)C(CC[C@@]23CCC(=O)O3)C2CCC3=CC(=O)CCC3=C21. The van der Waals surface area contributed by atoms with E-state index < -0.39 is 0 Å². The van der Waals surface area contributed by atoms with Crippen molar-refractivity contribution in [2.24, 2.45) is 23.2 Å². The van der Waals surface area contributed by atoms with Crippen LogP contribution in [0, 0.1) is 23.2 Å². The van der Waals surface area contributed by atoms with Crippen molar-refractivity contribution < 1.29 is 14.3 Å². The molecule has 3 fully saturated rings. The molecule has 4 aliphatic carbocycles. The van der Waals surface area contributed by atoms with Gasteiger partial charge in [-0.05, 0) is 79.9 Å². The Labute approximate surface area is 149 Å².